The SMILES string of the molecule is Fc1ccc(-c2cnc(C(NC3CCC3)C3CCCCC3)[nH]2)cc1. The summed E-state index contributed by atoms with van der Waals surface area (Å²) in [6, 6.07) is 7.59. The van der Waals surface area contributed by atoms with E-state index in [0.717, 1.165) is 17.1 Å². The molecule has 0 radical (unpaired) electrons. The number of H-pyrrole nitrogens is 1. The standard InChI is InChI=1S/C20H26FN3/c21-16-11-9-14(10-12-16)18-13-22-20(24-18)19(23-17-7-4-8-17)15-5-2-1-3-6-15/h9-13,15,17,19,23H,1-8H2,(H,22,24). The van der Waals surface area contributed by atoms with E-state index in [1.807, 2.05) is 18.3 Å². The van der Waals surface area contributed by atoms with Crippen molar-refractivity contribution in [2.75, 3.05) is 0 Å². The Morgan fingerprint density at radius 2 is 1.75 bits per heavy atom. The molecule has 0 bridgehead atoms. The molecule has 2 aromatic rings. The number of aromatic amines is 1. The molecular formula is C20H26FN3. The number of nitrogens with one attached hydrogen (secondary N) is 2. The third-order valence-electron chi connectivity index (χ3n) is 5.69. The summed E-state index contributed by atoms with van der Waals surface area (Å²) in [6.07, 6.45) is 12.4. The van der Waals surface area contributed by atoms with E-state index in [9.17, 15) is 4.39 Å². The summed E-state index contributed by atoms with van der Waals surface area (Å²) in [5.41, 5.74) is 1.96. The van der Waals surface area contributed by atoms with Gasteiger partial charge in [-0.3, -0.25) is 0 Å². The third-order valence-corrected chi connectivity index (χ3v) is 5.69. The van der Waals surface area contributed by atoms with Gasteiger partial charge in [0, 0.05) is 6.04 Å². The zero-order chi connectivity index (χ0) is 16.4. The monoisotopic (exact) mass is 327 g/mol. The van der Waals surface area contributed by atoms with Crippen LogP contribution in [0.1, 0.15) is 63.2 Å². The summed E-state index contributed by atoms with van der Waals surface area (Å²) in [6.45, 7) is 0. The second kappa shape index (κ2) is 7.06. The van der Waals surface area contributed by atoms with Gasteiger partial charge >= 0.3 is 0 Å². The van der Waals surface area contributed by atoms with Crippen molar-refractivity contribution in [3.8, 4) is 11.3 Å². The fourth-order valence-corrected chi connectivity index (χ4v) is 4.01. The molecule has 0 amide bonds. The predicted molar refractivity (Wildman–Crippen MR) is 94.1 cm³/mol. The Hall–Kier alpha value is -1.68. The van der Waals surface area contributed by atoms with Crippen molar-refractivity contribution in [3.05, 3.63) is 42.1 Å². The van der Waals surface area contributed by atoms with Crippen molar-refractivity contribution in [3.63, 3.8) is 0 Å². The van der Waals surface area contributed by atoms with Crippen LogP contribution < -0.4 is 5.32 Å². The second-order valence-corrected chi connectivity index (χ2v) is 7.36. The molecular weight excluding hydrogens is 301 g/mol. The van der Waals surface area contributed by atoms with Crippen molar-refractivity contribution in [2.24, 2.45) is 5.92 Å². The van der Waals surface area contributed by atoms with Crippen molar-refractivity contribution in [1.82, 2.24) is 15.3 Å². The van der Waals surface area contributed by atoms with Crippen LogP contribution in [0.25, 0.3) is 11.3 Å². The molecule has 1 aromatic heterocycles. The molecule has 128 valence electrons. The van der Waals surface area contributed by atoms with Gasteiger partial charge in [-0.25, -0.2) is 9.37 Å². The molecule has 0 saturated heterocycles. The minimum absolute atomic E-state index is 0.203. The quantitative estimate of drug-likeness (QED) is 0.813. The van der Waals surface area contributed by atoms with Crippen LogP contribution in [0.15, 0.2) is 30.5 Å². The molecule has 1 atom stereocenters. The van der Waals surface area contributed by atoms with E-state index in [4.69, 9.17) is 4.98 Å². The molecule has 0 aliphatic heterocycles. The molecule has 1 unspecified atom stereocenters. The summed E-state index contributed by atoms with van der Waals surface area (Å²) < 4.78 is 13.1. The van der Waals surface area contributed by atoms with Gasteiger partial charge in [-0.05, 0) is 61.4 Å². The molecule has 4 heteroatoms. The summed E-state index contributed by atoms with van der Waals surface area (Å²) >= 11 is 0. The van der Waals surface area contributed by atoms with Gasteiger partial charge in [0.05, 0.1) is 17.9 Å². The lowest BCUT2D eigenvalue weighted by Crippen LogP contribution is -2.41. The van der Waals surface area contributed by atoms with Gasteiger partial charge in [0.2, 0.25) is 0 Å². The summed E-state index contributed by atoms with van der Waals surface area (Å²) in [4.78, 5) is 8.19. The third kappa shape index (κ3) is 3.39. The first-order valence-electron chi connectivity index (χ1n) is 9.36. The lowest BCUT2D eigenvalue weighted by molar-refractivity contribution is 0.212. The first-order valence-corrected chi connectivity index (χ1v) is 9.36. The Morgan fingerprint density at radius 3 is 2.42 bits per heavy atom. The Morgan fingerprint density at radius 1 is 1.00 bits per heavy atom. The molecule has 0 spiro atoms. The highest BCUT2D eigenvalue weighted by molar-refractivity contribution is 5.58. The highest BCUT2D eigenvalue weighted by atomic mass is 19.1. The van der Waals surface area contributed by atoms with Crippen LogP contribution in [0.5, 0.6) is 0 Å². The maximum Gasteiger partial charge on any atom is 0.124 e. The number of nitrogens with zero attached hydrogens (tertiary/aromatic N) is 1. The van der Waals surface area contributed by atoms with Crippen molar-refractivity contribution in [1.29, 1.82) is 0 Å². The molecule has 24 heavy (non-hydrogen) atoms. The molecule has 1 aromatic carbocycles. The molecule has 2 aliphatic carbocycles. The van der Waals surface area contributed by atoms with Crippen LogP contribution in [0.2, 0.25) is 0 Å². The average Bonchev–Trinajstić information content (AvgIpc) is 3.05. The minimum Gasteiger partial charge on any atom is -0.341 e. The zero-order valence-corrected chi connectivity index (χ0v) is 14.1. The summed E-state index contributed by atoms with van der Waals surface area (Å²) in [5.74, 6) is 1.52. The Balaban J connectivity index is 1.56. The van der Waals surface area contributed by atoms with Gasteiger partial charge < -0.3 is 10.3 Å². The highest BCUT2D eigenvalue weighted by Gasteiger charge is 2.31. The molecule has 2 fully saturated rings. The minimum atomic E-state index is -0.203. The number of imidazole rings is 1. The van der Waals surface area contributed by atoms with Crippen LogP contribution >= 0.6 is 0 Å². The first kappa shape index (κ1) is 15.8. The van der Waals surface area contributed by atoms with E-state index in [1.165, 1.54) is 63.5 Å². The van der Waals surface area contributed by atoms with Gasteiger partial charge in [-0.15, -0.1) is 0 Å². The maximum absolute atomic E-state index is 13.1. The van der Waals surface area contributed by atoms with Gasteiger partial charge in [0.15, 0.2) is 0 Å². The predicted octanol–water partition coefficient (Wildman–Crippen LogP) is 4.98. The maximum atomic E-state index is 13.1. The number of hydrogen-bond donors (Lipinski definition) is 2. The van der Waals surface area contributed by atoms with Gasteiger partial charge in [-0.1, -0.05) is 25.7 Å². The molecule has 2 N–H and O–H groups in total. The van der Waals surface area contributed by atoms with E-state index in [2.05, 4.69) is 10.3 Å². The highest BCUT2D eigenvalue weighted by Crippen LogP contribution is 2.36. The number of aromatic nitrogens is 2. The van der Waals surface area contributed by atoms with Crippen molar-refractivity contribution in [2.45, 2.75) is 63.5 Å². The van der Waals surface area contributed by atoms with E-state index in [1.54, 1.807) is 0 Å². The topological polar surface area (TPSA) is 40.7 Å². The number of halogens is 1. The smallest absolute Gasteiger partial charge is 0.124 e. The van der Waals surface area contributed by atoms with Crippen LogP contribution in [-0.2, 0) is 0 Å². The van der Waals surface area contributed by atoms with Crippen LogP contribution in [0, 0.1) is 11.7 Å². The van der Waals surface area contributed by atoms with Crippen molar-refractivity contribution < 1.29 is 4.39 Å². The largest absolute Gasteiger partial charge is 0.341 e. The molecule has 4 rings (SSSR count). The molecule has 2 saturated carbocycles. The van der Waals surface area contributed by atoms with E-state index < -0.39 is 0 Å². The van der Waals surface area contributed by atoms with Crippen LogP contribution in [0.4, 0.5) is 4.39 Å². The normalized spacial score (nSPS) is 20.7. The molecule has 3 nitrogen and oxygen atoms in total. The van der Waals surface area contributed by atoms with Gasteiger partial charge in [-0.2, -0.15) is 0 Å². The van der Waals surface area contributed by atoms with E-state index >= 15 is 0 Å². The van der Waals surface area contributed by atoms with Crippen molar-refractivity contribution >= 4 is 0 Å². The van der Waals surface area contributed by atoms with E-state index in [0.29, 0.717) is 18.0 Å². The average molecular weight is 327 g/mol. The Bertz CT molecular complexity index is 654. The fourth-order valence-electron chi connectivity index (χ4n) is 4.01. The zero-order valence-electron chi connectivity index (χ0n) is 14.1. The summed E-state index contributed by atoms with van der Waals surface area (Å²) in [7, 11) is 0. The number of hydrogen-bond acceptors (Lipinski definition) is 2. The molecule has 2 aliphatic rings. The summed E-state index contributed by atoms with van der Waals surface area (Å²) in [5, 5.41) is 3.86. The van der Waals surface area contributed by atoms with Gasteiger partial charge in [0.1, 0.15) is 11.6 Å². The van der Waals surface area contributed by atoms with Crippen LogP contribution in [-0.4, -0.2) is 16.0 Å². The Kier molecular flexibility index (Phi) is 4.65. The van der Waals surface area contributed by atoms with Crippen LogP contribution in [0.3, 0.4) is 0 Å². The fraction of sp³-hybridized carbons (Fsp3) is 0.550. The van der Waals surface area contributed by atoms with E-state index in [-0.39, 0.29) is 5.82 Å². The Labute approximate surface area is 143 Å². The second-order valence-electron chi connectivity index (χ2n) is 7.36. The number of benzene rings is 1. The number of rotatable bonds is 5. The lowest BCUT2D eigenvalue weighted by Gasteiger charge is -2.36. The first-order chi connectivity index (χ1) is 11.8. The molecule has 1 heterocycles. The van der Waals surface area contributed by atoms with Gasteiger partial charge in [0.25, 0.3) is 0 Å². The lowest BCUT2D eigenvalue weighted by atomic mass is 9.82.